The lowest BCUT2D eigenvalue weighted by atomic mass is 10.1. The smallest absolute Gasteiger partial charge is 0.263 e. The highest BCUT2D eigenvalue weighted by molar-refractivity contribution is 7.95. The average Bonchev–Trinajstić information content (AvgIpc) is 3.38. The second-order valence-corrected chi connectivity index (χ2v) is 17.7. The van der Waals surface area contributed by atoms with Crippen LogP contribution in [0.4, 0.5) is 5.69 Å². The van der Waals surface area contributed by atoms with Crippen LogP contribution in [0, 0.1) is 20.8 Å². The number of benzene rings is 4. The van der Waals surface area contributed by atoms with Crippen molar-refractivity contribution >= 4 is 46.6 Å². The highest BCUT2D eigenvalue weighted by Crippen LogP contribution is 2.56. The number of nitrogens with one attached hydrogen (secondary N) is 1. The van der Waals surface area contributed by atoms with E-state index in [4.69, 9.17) is 0 Å². The van der Waals surface area contributed by atoms with Crippen LogP contribution in [0.25, 0.3) is 0 Å². The molecular formula is C44H54N2O3P+. The predicted octanol–water partition coefficient (Wildman–Crippen LogP) is 9.45. The van der Waals surface area contributed by atoms with Gasteiger partial charge in [0.2, 0.25) is 5.91 Å². The van der Waals surface area contributed by atoms with Crippen LogP contribution >= 0.6 is 7.26 Å². The molecule has 5 rings (SSSR count). The molecule has 1 atom stereocenters. The zero-order chi connectivity index (χ0) is 35.7. The highest BCUT2D eigenvalue weighted by Gasteiger charge is 2.45. The van der Waals surface area contributed by atoms with Crippen molar-refractivity contribution in [3.05, 3.63) is 119 Å². The fraction of sp³-hybridized carbons (Fsp3) is 0.386. The van der Waals surface area contributed by atoms with Gasteiger partial charge >= 0.3 is 0 Å². The summed E-state index contributed by atoms with van der Waals surface area (Å²) >= 11 is 0. The van der Waals surface area contributed by atoms with E-state index in [1.165, 1.54) is 69.6 Å². The van der Waals surface area contributed by atoms with E-state index in [-0.39, 0.29) is 23.8 Å². The third-order valence-corrected chi connectivity index (χ3v) is 14.8. The Labute approximate surface area is 300 Å². The van der Waals surface area contributed by atoms with E-state index in [0.29, 0.717) is 29.7 Å². The molecule has 1 heterocycles. The van der Waals surface area contributed by atoms with Crippen molar-refractivity contribution in [2.75, 3.05) is 11.5 Å². The Kier molecular flexibility index (Phi) is 12.8. The summed E-state index contributed by atoms with van der Waals surface area (Å²) in [5.74, 6) is -0.702. The van der Waals surface area contributed by atoms with E-state index in [1.807, 2.05) is 13.8 Å². The van der Waals surface area contributed by atoms with Crippen molar-refractivity contribution in [1.82, 2.24) is 4.90 Å². The van der Waals surface area contributed by atoms with Crippen LogP contribution in [0.15, 0.2) is 91.0 Å². The van der Waals surface area contributed by atoms with Gasteiger partial charge in [-0.2, -0.15) is 0 Å². The maximum Gasteiger partial charge on any atom is 0.263 e. The molecule has 0 aliphatic carbocycles. The normalized spacial score (nSPS) is 13.4. The molecule has 1 unspecified atom stereocenters. The Morgan fingerprint density at radius 1 is 0.640 bits per heavy atom. The molecule has 1 aliphatic heterocycles. The Morgan fingerprint density at radius 2 is 1.10 bits per heavy atom. The number of amides is 3. The lowest BCUT2D eigenvalue weighted by Crippen LogP contribution is -2.37. The first-order valence-electron chi connectivity index (χ1n) is 18.6. The molecule has 3 amide bonds. The van der Waals surface area contributed by atoms with Crippen LogP contribution in [0.3, 0.4) is 0 Å². The molecular weight excluding hydrogens is 635 g/mol. The van der Waals surface area contributed by atoms with Crippen molar-refractivity contribution < 1.29 is 14.4 Å². The fourth-order valence-electron chi connectivity index (χ4n) is 7.13. The second-order valence-electron chi connectivity index (χ2n) is 14.1. The minimum atomic E-state index is -1.81. The molecule has 4 aromatic carbocycles. The van der Waals surface area contributed by atoms with E-state index in [9.17, 15) is 14.4 Å². The van der Waals surface area contributed by atoms with Crippen molar-refractivity contribution in [2.24, 2.45) is 0 Å². The summed E-state index contributed by atoms with van der Waals surface area (Å²) in [6.45, 7) is 10.3. The molecule has 50 heavy (non-hydrogen) atoms. The SMILES string of the molecule is CCC(C)N1C(=O)c2cccc(NC(=O)CCCCCCCCCC[P+](c3ccc(C)cc3)(c3ccc(C)cc3)c3ccc(C)cc3)c2C1=O. The number of carbonyl (C=O) groups is 3. The zero-order valence-electron chi connectivity index (χ0n) is 30.6. The Morgan fingerprint density at radius 3 is 1.58 bits per heavy atom. The standard InChI is InChI=1S/C44H53N2O3P/c1-6-35(5)46-43(48)39-16-15-17-40(42(39)44(46)49)45-41(47)18-13-11-9-7-8-10-12-14-31-50(36-25-19-32(2)20-26-36,37-27-21-33(3)22-28-37)38-29-23-34(4)24-30-38/h15-17,19-30,35H,6-14,18,31H2,1-5H3/p+1. The zero-order valence-corrected chi connectivity index (χ0v) is 31.5. The van der Waals surface area contributed by atoms with Crippen LogP contribution in [0.1, 0.15) is 115 Å². The van der Waals surface area contributed by atoms with Crippen molar-refractivity contribution in [1.29, 1.82) is 0 Å². The van der Waals surface area contributed by atoms with E-state index < -0.39 is 7.26 Å². The molecule has 1 N–H and O–H groups in total. The summed E-state index contributed by atoms with van der Waals surface area (Å²) in [5, 5.41) is 7.30. The van der Waals surface area contributed by atoms with Gasteiger partial charge in [-0.05, 0) is 102 Å². The first-order valence-corrected chi connectivity index (χ1v) is 20.5. The van der Waals surface area contributed by atoms with Gasteiger partial charge in [-0.3, -0.25) is 19.3 Å². The van der Waals surface area contributed by atoms with Crippen LogP contribution in [-0.2, 0) is 4.79 Å². The van der Waals surface area contributed by atoms with Gasteiger partial charge in [0, 0.05) is 12.5 Å². The van der Waals surface area contributed by atoms with Gasteiger partial charge < -0.3 is 5.32 Å². The van der Waals surface area contributed by atoms with Gasteiger partial charge in [0.25, 0.3) is 11.8 Å². The van der Waals surface area contributed by atoms with Crippen molar-refractivity contribution in [2.45, 2.75) is 105 Å². The molecule has 0 bridgehead atoms. The summed E-state index contributed by atoms with van der Waals surface area (Å²) in [5.41, 5.74) is 5.02. The van der Waals surface area contributed by atoms with Gasteiger partial charge in [0.15, 0.2) is 0 Å². The topological polar surface area (TPSA) is 66.5 Å². The van der Waals surface area contributed by atoms with E-state index in [0.717, 1.165) is 25.4 Å². The van der Waals surface area contributed by atoms with Crippen molar-refractivity contribution in [3.8, 4) is 0 Å². The number of fused-ring (bicyclic) bond motifs is 1. The maximum atomic E-state index is 13.1. The number of nitrogens with zero attached hydrogens (tertiary/aromatic N) is 1. The van der Waals surface area contributed by atoms with Crippen LogP contribution in [-0.4, -0.2) is 34.8 Å². The molecule has 0 aromatic heterocycles. The van der Waals surface area contributed by atoms with Crippen LogP contribution < -0.4 is 21.2 Å². The number of carbonyl (C=O) groups excluding carboxylic acids is 3. The maximum absolute atomic E-state index is 13.1. The summed E-state index contributed by atoms with van der Waals surface area (Å²) in [6.07, 6.45) is 11.2. The second kappa shape index (κ2) is 17.2. The summed E-state index contributed by atoms with van der Waals surface area (Å²) < 4.78 is 0. The predicted molar refractivity (Wildman–Crippen MR) is 211 cm³/mol. The van der Waals surface area contributed by atoms with E-state index in [1.54, 1.807) is 18.2 Å². The number of imide groups is 1. The number of rotatable bonds is 17. The molecule has 1 aliphatic rings. The quantitative estimate of drug-likeness (QED) is 0.0683. The van der Waals surface area contributed by atoms with Gasteiger partial charge in [-0.1, -0.05) is 98.2 Å². The van der Waals surface area contributed by atoms with Crippen LogP contribution in [0.5, 0.6) is 0 Å². The summed E-state index contributed by atoms with van der Waals surface area (Å²) in [7, 11) is -1.81. The molecule has 0 radical (unpaired) electrons. The lowest BCUT2D eigenvalue weighted by molar-refractivity contribution is -0.116. The monoisotopic (exact) mass is 689 g/mol. The number of hydrogen-bond donors (Lipinski definition) is 1. The fourth-order valence-corrected chi connectivity index (χ4v) is 11.5. The van der Waals surface area contributed by atoms with Gasteiger partial charge in [-0.15, -0.1) is 0 Å². The first kappa shape index (κ1) is 37.2. The van der Waals surface area contributed by atoms with Crippen LogP contribution in [0.2, 0.25) is 0 Å². The average molecular weight is 690 g/mol. The molecule has 0 fully saturated rings. The molecule has 0 spiro atoms. The molecule has 5 nitrogen and oxygen atoms in total. The van der Waals surface area contributed by atoms with Crippen molar-refractivity contribution in [3.63, 3.8) is 0 Å². The molecule has 262 valence electrons. The largest absolute Gasteiger partial charge is 0.325 e. The minimum absolute atomic E-state index is 0.108. The number of unbranched alkanes of at least 4 members (excludes halogenated alkanes) is 7. The summed E-state index contributed by atoms with van der Waals surface area (Å²) in [6, 6.07) is 32.8. The summed E-state index contributed by atoms with van der Waals surface area (Å²) in [4.78, 5) is 40.0. The van der Waals surface area contributed by atoms with E-state index in [2.05, 4.69) is 98.9 Å². The number of anilines is 1. The van der Waals surface area contributed by atoms with Gasteiger partial charge in [-0.25, -0.2) is 0 Å². The molecule has 4 aromatic rings. The number of hydrogen-bond acceptors (Lipinski definition) is 3. The molecule has 0 saturated carbocycles. The van der Waals surface area contributed by atoms with Gasteiger partial charge in [0.05, 0.1) is 23.0 Å². The molecule has 0 saturated heterocycles. The molecule has 6 heteroatoms. The third kappa shape index (κ3) is 8.44. The first-order chi connectivity index (χ1) is 24.1. The third-order valence-electron chi connectivity index (χ3n) is 10.3. The Bertz CT molecular complexity index is 1650. The van der Waals surface area contributed by atoms with E-state index >= 15 is 0 Å². The number of aryl methyl sites for hydroxylation is 3. The minimum Gasteiger partial charge on any atom is -0.325 e. The van der Waals surface area contributed by atoms with Gasteiger partial charge in [0.1, 0.15) is 23.2 Å². The lowest BCUT2D eigenvalue weighted by Gasteiger charge is -2.28. The highest BCUT2D eigenvalue weighted by atomic mass is 31.2. The Balaban J connectivity index is 1.09. The Hall–Kier alpha value is -4.08.